The fraction of sp³-hybridized carbons (Fsp3) is 0.190. The highest BCUT2D eigenvalue weighted by atomic mass is 19.1. The van der Waals surface area contributed by atoms with Crippen LogP contribution in [0.3, 0.4) is 0 Å². The van der Waals surface area contributed by atoms with Gasteiger partial charge in [0.1, 0.15) is 5.75 Å². The number of hydrogen-bond acceptors (Lipinski definition) is 5. The summed E-state index contributed by atoms with van der Waals surface area (Å²) in [5, 5.41) is 2.74. The van der Waals surface area contributed by atoms with E-state index < -0.39 is 5.82 Å². The van der Waals surface area contributed by atoms with Crippen LogP contribution < -0.4 is 14.8 Å². The second kappa shape index (κ2) is 8.47. The van der Waals surface area contributed by atoms with E-state index in [-0.39, 0.29) is 24.3 Å². The minimum atomic E-state index is -0.507. The Kier molecular flexibility index (Phi) is 5.84. The molecule has 2 aromatic carbocycles. The first-order valence-electron chi connectivity index (χ1n) is 8.69. The summed E-state index contributed by atoms with van der Waals surface area (Å²) >= 11 is 0. The Morgan fingerprint density at radius 2 is 1.64 bits per heavy atom. The largest absolute Gasteiger partial charge is 0.484 e. The monoisotopic (exact) mass is 381 g/mol. The molecular formula is C21H20FN3O3. The van der Waals surface area contributed by atoms with Crippen molar-refractivity contribution in [1.82, 2.24) is 9.97 Å². The molecule has 0 aliphatic carbocycles. The van der Waals surface area contributed by atoms with Crippen LogP contribution in [0.15, 0.2) is 48.5 Å². The Labute approximate surface area is 162 Å². The fourth-order valence-corrected chi connectivity index (χ4v) is 2.50. The van der Waals surface area contributed by atoms with Crippen LogP contribution >= 0.6 is 0 Å². The van der Waals surface area contributed by atoms with Crippen molar-refractivity contribution in [2.45, 2.75) is 20.8 Å². The van der Waals surface area contributed by atoms with Crippen molar-refractivity contribution in [2.75, 3.05) is 11.9 Å². The topological polar surface area (TPSA) is 73.3 Å². The maximum absolute atomic E-state index is 13.7. The van der Waals surface area contributed by atoms with Crippen molar-refractivity contribution in [3.05, 3.63) is 71.3 Å². The van der Waals surface area contributed by atoms with Gasteiger partial charge in [0.15, 0.2) is 18.2 Å². The second-order valence-electron chi connectivity index (χ2n) is 6.23. The molecular weight excluding hydrogens is 361 g/mol. The molecule has 1 amide bonds. The number of carbonyl (C=O) groups is 1. The third kappa shape index (κ3) is 4.82. The van der Waals surface area contributed by atoms with Crippen molar-refractivity contribution in [2.24, 2.45) is 0 Å². The summed E-state index contributed by atoms with van der Waals surface area (Å²) in [4.78, 5) is 20.6. The molecule has 0 atom stereocenters. The summed E-state index contributed by atoms with van der Waals surface area (Å²) in [5.74, 6) is -0.200. The molecule has 1 heterocycles. The van der Waals surface area contributed by atoms with Gasteiger partial charge in [-0.05, 0) is 45.0 Å². The Hall–Kier alpha value is -3.48. The average Bonchev–Trinajstić information content (AvgIpc) is 2.66. The van der Waals surface area contributed by atoms with E-state index in [4.69, 9.17) is 9.47 Å². The summed E-state index contributed by atoms with van der Waals surface area (Å²) in [6.45, 7) is 5.25. The zero-order chi connectivity index (χ0) is 20.1. The van der Waals surface area contributed by atoms with Gasteiger partial charge < -0.3 is 14.8 Å². The summed E-state index contributed by atoms with van der Waals surface area (Å²) in [6.07, 6.45) is 0. The first kappa shape index (κ1) is 19.3. The van der Waals surface area contributed by atoms with Crippen molar-refractivity contribution in [3.63, 3.8) is 0 Å². The Bertz CT molecular complexity index is 967. The van der Waals surface area contributed by atoms with Crippen LogP contribution in [0.25, 0.3) is 0 Å². The minimum Gasteiger partial charge on any atom is -0.484 e. The number of benzene rings is 2. The lowest BCUT2D eigenvalue weighted by molar-refractivity contribution is -0.118. The number of aryl methyl sites for hydroxylation is 3. The molecule has 0 spiro atoms. The van der Waals surface area contributed by atoms with Crippen molar-refractivity contribution >= 4 is 11.6 Å². The lowest BCUT2D eigenvalue weighted by Crippen LogP contribution is -2.22. The average molecular weight is 381 g/mol. The van der Waals surface area contributed by atoms with Gasteiger partial charge in [-0.25, -0.2) is 4.39 Å². The number of rotatable bonds is 6. The molecule has 1 N–H and O–H groups in total. The Morgan fingerprint density at radius 1 is 1.00 bits per heavy atom. The number of para-hydroxylation sites is 1. The fourth-order valence-electron chi connectivity index (χ4n) is 2.50. The highest BCUT2D eigenvalue weighted by Crippen LogP contribution is 2.25. The van der Waals surface area contributed by atoms with Crippen LogP contribution in [-0.2, 0) is 4.79 Å². The number of carbonyl (C=O) groups excluding carboxylic acids is 1. The van der Waals surface area contributed by atoms with Crippen molar-refractivity contribution in [3.8, 4) is 17.5 Å². The number of halogens is 1. The minimum absolute atomic E-state index is 0.00834. The predicted octanol–water partition coefficient (Wildman–Crippen LogP) is 4.35. The molecule has 3 rings (SSSR count). The molecule has 0 saturated heterocycles. The number of ether oxygens (including phenoxy) is 2. The van der Waals surface area contributed by atoms with Gasteiger partial charge in [0, 0.05) is 0 Å². The second-order valence-corrected chi connectivity index (χ2v) is 6.23. The van der Waals surface area contributed by atoms with Crippen LogP contribution in [0, 0.1) is 26.6 Å². The van der Waals surface area contributed by atoms with Crippen LogP contribution in [0.4, 0.5) is 10.1 Å². The lowest BCUT2D eigenvalue weighted by Gasteiger charge is -2.13. The molecule has 0 saturated carbocycles. The summed E-state index contributed by atoms with van der Waals surface area (Å²) in [7, 11) is 0. The van der Waals surface area contributed by atoms with Gasteiger partial charge >= 0.3 is 6.01 Å². The van der Waals surface area contributed by atoms with E-state index in [1.54, 1.807) is 38.1 Å². The van der Waals surface area contributed by atoms with E-state index in [2.05, 4.69) is 15.3 Å². The maximum atomic E-state index is 13.7. The third-order valence-corrected chi connectivity index (χ3v) is 3.94. The van der Waals surface area contributed by atoms with E-state index in [0.717, 1.165) is 5.56 Å². The highest BCUT2D eigenvalue weighted by Gasteiger charge is 2.14. The third-order valence-electron chi connectivity index (χ3n) is 3.94. The number of anilines is 1. The van der Waals surface area contributed by atoms with E-state index in [1.807, 2.05) is 19.1 Å². The lowest BCUT2D eigenvalue weighted by atomic mass is 10.2. The molecule has 0 bridgehead atoms. The summed E-state index contributed by atoms with van der Waals surface area (Å²) in [6, 6.07) is 13.4. The normalized spacial score (nSPS) is 10.4. The van der Waals surface area contributed by atoms with E-state index in [1.165, 1.54) is 12.1 Å². The van der Waals surface area contributed by atoms with Crippen LogP contribution in [0.5, 0.6) is 17.5 Å². The standard InChI is InChI=1S/C21H20FN3O3/c1-13-8-10-16(11-9-13)27-12-19(26)25-20-14(2)23-21(24-15(20)3)28-18-7-5-4-6-17(18)22/h4-11H,12H2,1-3H3,(H,25,26). The zero-order valence-electron chi connectivity index (χ0n) is 15.8. The molecule has 6 nitrogen and oxygen atoms in total. The molecule has 0 aliphatic heterocycles. The summed E-state index contributed by atoms with van der Waals surface area (Å²) < 4.78 is 24.6. The van der Waals surface area contributed by atoms with Gasteiger partial charge in [0.05, 0.1) is 17.1 Å². The quantitative estimate of drug-likeness (QED) is 0.687. The maximum Gasteiger partial charge on any atom is 0.322 e. The molecule has 0 unspecified atom stereocenters. The van der Waals surface area contributed by atoms with E-state index >= 15 is 0 Å². The first-order chi connectivity index (χ1) is 13.4. The molecule has 0 fully saturated rings. The Balaban J connectivity index is 1.66. The smallest absolute Gasteiger partial charge is 0.322 e. The van der Waals surface area contributed by atoms with Crippen LogP contribution in [0.1, 0.15) is 17.0 Å². The predicted molar refractivity (Wildman–Crippen MR) is 103 cm³/mol. The molecule has 3 aromatic rings. The van der Waals surface area contributed by atoms with Crippen LogP contribution in [0.2, 0.25) is 0 Å². The van der Waals surface area contributed by atoms with Gasteiger partial charge in [-0.15, -0.1) is 0 Å². The van der Waals surface area contributed by atoms with Crippen LogP contribution in [-0.4, -0.2) is 22.5 Å². The molecule has 144 valence electrons. The number of hydrogen-bond donors (Lipinski definition) is 1. The van der Waals surface area contributed by atoms with Crippen molar-refractivity contribution < 1.29 is 18.7 Å². The number of nitrogens with one attached hydrogen (secondary N) is 1. The van der Waals surface area contributed by atoms with E-state index in [0.29, 0.717) is 22.8 Å². The summed E-state index contributed by atoms with van der Waals surface area (Å²) in [5.41, 5.74) is 2.58. The number of aromatic nitrogens is 2. The Morgan fingerprint density at radius 3 is 2.29 bits per heavy atom. The van der Waals surface area contributed by atoms with E-state index in [9.17, 15) is 9.18 Å². The SMILES string of the molecule is Cc1ccc(OCC(=O)Nc2c(C)nc(Oc3ccccc3F)nc2C)cc1. The molecule has 1 aromatic heterocycles. The van der Waals surface area contributed by atoms with Gasteiger partial charge in [-0.3, -0.25) is 4.79 Å². The highest BCUT2D eigenvalue weighted by molar-refractivity contribution is 5.92. The van der Waals surface area contributed by atoms with Gasteiger partial charge in [-0.2, -0.15) is 9.97 Å². The van der Waals surface area contributed by atoms with Gasteiger partial charge in [0.25, 0.3) is 5.91 Å². The van der Waals surface area contributed by atoms with Gasteiger partial charge in [-0.1, -0.05) is 29.8 Å². The molecule has 0 radical (unpaired) electrons. The first-order valence-corrected chi connectivity index (χ1v) is 8.69. The molecule has 0 aliphatic rings. The van der Waals surface area contributed by atoms with Gasteiger partial charge in [0.2, 0.25) is 0 Å². The molecule has 28 heavy (non-hydrogen) atoms. The zero-order valence-corrected chi connectivity index (χ0v) is 15.8. The molecule has 7 heteroatoms. The number of nitrogens with zero attached hydrogens (tertiary/aromatic N) is 2. The number of amides is 1. The van der Waals surface area contributed by atoms with Crippen molar-refractivity contribution in [1.29, 1.82) is 0 Å².